The lowest BCUT2D eigenvalue weighted by atomic mass is 10.0. The summed E-state index contributed by atoms with van der Waals surface area (Å²) < 4.78 is 13.6. The Balaban J connectivity index is 2.22. The van der Waals surface area contributed by atoms with Crippen molar-refractivity contribution < 1.29 is 9.18 Å². The molecule has 1 saturated heterocycles. The van der Waals surface area contributed by atoms with Crippen molar-refractivity contribution in [2.24, 2.45) is 0 Å². The Morgan fingerprint density at radius 2 is 2.15 bits per heavy atom. The molecule has 2 rings (SSSR count). The van der Waals surface area contributed by atoms with Crippen LogP contribution in [0, 0.1) is 12.7 Å². The molecule has 0 aliphatic carbocycles. The van der Waals surface area contributed by atoms with Crippen LogP contribution in [0.2, 0.25) is 0 Å². The average molecular weight is 278 g/mol. The smallest absolute Gasteiger partial charge is 0.254 e. The third-order valence-corrected chi connectivity index (χ3v) is 4.14. The monoisotopic (exact) mass is 278 g/mol. The first-order valence-electron chi connectivity index (χ1n) is 7.37. The molecule has 1 N–H and O–H groups in total. The van der Waals surface area contributed by atoms with E-state index in [1.807, 2.05) is 4.90 Å². The highest BCUT2D eigenvalue weighted by atomic mass is 19.1. The Labute approximate surface area is 120 Å². The largest absolute Gasteiger partial charge is 0.333 e. The van der Waals surface area contributed by atoms with Crippen molar-refractivity contribution in [3.05, 3.63) is 35.1 Å². The van der Waals surface area contributed by atoms with Crippen molar-refractivity contribution in [3.8, 4) is 0 Å². The van der Waals surface area contributed by atoms with Crippen molar-refractivity contribution in [1.29, 1.82) is 0 Å². The van der Waals surface area contributed by atoms with Gasteiger partial charge in [-0.05, 0) is 37.5 Å². The molecule has 20 heavy (non-hydrogen) atoms. The van der Waals surface area contributed by atoms with E-state index >= 15 is 0 Å². The van der Waals surface area contributed by atoms with E-state index < -0.39 is 0 Å². The van der Waals surface area contributed by atoms with Gasteiger partial charge in [0.05, 0.1) is 0 Å². The van der Waals surface area contributed by atoms with Crippen molar-refractivity contribution in [3.63, 3.8) is 0 Å². The van der Waals surface area contributed by atoms with Crippen LogP contribution >= 0.6 is 0 Å². The molecule has 2 atom stereocenters. The number of rotatable bonds is 3. The number of halogens is 1. The van der Waals surface area contributed by atoms with Gasteiger partial charge < -0.3 is 10.2 Å². The number of amides is 1. The molecular weight excluding hydrogens is 255 g/mol. The van der Waals surface area contributed by atoms with E-state index in [0.717, 1.165) is 19.4 Å². The molecule has 0 aromatic heterocycles. The second-order valence-corrected chi connectivity index (χ2v) is 5.50. The van der Waals surface area contributed by atoms with Gasteiger partial charge in [-0.25, -0.2) is 4.39 Å². The zero-order chi connectivity index (χ0) is 14.7. The summed E-state index contributed by atoms with van der Waals surface area (Å²) in [6.45, 7) is 7.40. The first kappa shape index (κ1) is 15.0. The highest BCUT2D eigenvalue weighted by Crippen LogP contribution is 2.18. The van der Waals surface area contributed by atoms with Crippen LogP contribution in [0.3, 0.4) is 0 Å². The summed E-state index contributed by atoms with van der Waals surface area (Å²) in [5.41, 5.74) is 1.02. The van der Waals surface area contributed by atoms with Crippen LogP contribution < -0.4 is 5.32 Å². The van der Waals surface area contributed by atoms with Gasteiger partial charge in [-0.15, -0.1) is 0 Å². The molecule has 0 spiro atoms. The summed E-state index contributed by atoms with van der Waals surface area (Å²) in [4.78, 5) is 14.5. The van der Waals surface area contributed by atoms with Crippen molar-refractivity contribution in [2.75, 3.05) is 13.1 Å². The van der Waals surface area contributed by atoms with E-state index in [0.29, 0.717) is 23.7 Å². The molecule has 1 heterocycles. The Hall–Kier alpha value is -1.42. The molecule has 2 unspecified atom stereocenters. The van der Waals surface area contributed by atoms with Gasteiger partial charge in [0.2, 0.25) is 0 Å². The van der Waals surface area contributed by atoms with E-state index in [-0.39, 0.29) is 17.8 Å². The fourth-order valence-corrected chi connectivity index (χ4v) is 2.64. The number of aryl methyl sites for hydroxylation is 1. The summed E-state index contributed by atoms with van der Waals surface area (Å²) in [7, 11) is 0. The SMILES string of the molecule is CCC1CN(C(=O)c2ccc(C)c(F)c2)C(CC)CN1. The summed E-state index contributed by atoms with van der Waals surface area (Å²) in [6.07, 6.45) is 1.89. The van der Waals surface area contributed by atoms with E-state index in [2.05, 4.69) is 19.2 Å². The van der Waals surface area contributed by atoms with Crippen LogP contribution in [0.5, 0.6) is 0 Å². The Kier molecular flexibility index (Phi) is 4.76. The van der Waals surface area contributed by atoms with E-state index in [9.17, 15) is 9.18 Å². The van der Waals surface area contributed by atoms with Gasteiger partial charge in [0, 0.05) is 30.7 Å². The third-order valence-electron chi connectivity index (χ3n) is 4.14. The molecule has 1 fully saturated rings. The third kappa shape index (κ3) is 3.01. The highest BCUT2D eigenvalue weighted by molar-refractivity contribution is 5.94. The van der Waals surface area contributed by atoms with Crippen LogP contribution in [0.1, 0.15) is 42.6 Å². The fourth-order valence-electron chi connectivity index (χ4n) is 2.64. The van der Waals surface area contributed by atoms with Crippen molar-refractivity contribution >= 4 is 5.91 Å². The molecule has 110 valence electrons. The van der Waals surface area contributed by atoms with E-state index in [1.54, 1.807) is 19.1 Å². The maximum atomic E-state index is 13.6. The molecule has 1 amide bonds. The zero-order valence-corrected chi connectivity index (χ0v) is 12.4. The summed E-state index contributed by atoms with van der Waals surface area (Å²) >= 11 is 0. The molecule has 0 saturated carbocycles. The maximum absolute atomic E-state index is 13.6. The maximum Gasteiger partial charge on any atom is 0.254 e. The number of hydrogen-bond acceptors (Lipinski definition) is 2. The van der Waals surface area contributed by atoms with Crippen LogP contribution in [-0.4, -0.2) is 36.0 Å². The normalized spacial score (nSPS) is 22.9. The van der Waals surface area contributed by atoms with Gasteiger partial charge in [0.15, 0.2) is 0 Å². The number of carbonyl (C=O) groups is 1. The number of nitrogens with one attached hydrogen (secondary N) is 1. The molecule has 1 aromatic carbocycles. The molecule has 1 aliphatic rings. The fraction of sp³-hybridized carbons (Fsp3) is 0.562. The van der Waals surface area contributed by atoms with Gasteiger partial charge in [-0.3, -0.25) is 4.79 Å². The Morgan fingerprint density at radius 1 is 1.40 bits per heavy atom. The minimum Gasteiger partial charge on any atom is -0.333 e. The second kappa shape index (κ2) is 6.35. The Morgan fingerprint density at radius 3 is 2.75 bits per heavy atom. The highest BCUT2D eigenvalue weighted by Gasteiger charge is 2.30. The topological polar surface area (TPSA) is 32.3 Å². The second-order valence-electron chi connectivity index (χ2n) is 5.50. The molecular formula is C16H23FN2O. The number of piperazine rings is 1. The lowest BCUT2D eigenvalue weighted by Crippen LogP contribution is -2.57. The van der Waals surface area contributed by atoms with Crippen LogP contribution in [0.15, 0.2) is 18.2 Å². The summed E-state index contributed by atoms with van der Waals surface area (Å²) in [6, 6.07) is 5.26. The molecule has 0 radical (unpaired) electrons. The summed E-state index contributed by atoms with van der Waals surface area (Å²) in [5.74, 6) is -0.373. The predicted molar refractivity (Wildman–Crippen MR) is 78.3 cm³/mol. The number of hydrogen-bond donors (Lipinski definition) is 1. The summed E-state index contributed by atoms with van der Waals surface area (Å²) in [5, 5.41) is 3.46. The first-order valence-corrected chi connectivity index (χ1v) is 7.37. The van der Waals surface area contributed by atoms with Crippen molar-refractivity contribution in [1.82, 2.24) is 10.2 Å². The van der Waals surface area contributed by atoms with Gasteiger partial charge in [0.25, 0.3) is 5.91 Å². The lowest BCUT2D eigenvalue weighted by molar-refractivity contribution is 0.0575. The first-order chi connectivity index (χ1) is 9.56. The van der Waals surface area contributed by atoms with Crippen molar-refractivity contribution in [2.45, 2.75) is 45.7 Å². The standard InChI is InChI=1S/C16H23FN2O/c1-4-13-10-19(14(5-2)9-18-13)16(20)12-7-6-11(3)15(17)8-12/h6-8,13-14,18H,4-5,9-10H2,1-3H3. The van der Waals surface area contributed by atoms with Crippen LogP contribution in [0.4, 0.5) is 4.39 Å². The van der Waals surface area contributed by atoms with Gasteiger partial charge >= 0.3 is 0 Å². The zero-order valence-electron chi connectivity index (χ0n) is 12.4. The number of carbonyl (C=O) groups excluding carboxylic acids is 1. The minimum atomic E-state index is -0.314. The van der Waals surface area contributed by atoms with Gasteiger partial charge in [-0.1, -0.05) is 19.9 Å². The lowest BCUT2D eigenvalue weighted by Gasteiger charge is -2.40. The van der Waals surface area contributed by atoms with Gasteiger partial charge in [0.1, 0.15) is 5.82 Å². The molecule has 4 heteroatoms. The molecule has 0 bridgehead atoms. The predicted octanol–water partition coefficient (Wildman–Crippen LogP) is 2.74. The quantitative estimate of drug-likeness (QED) is 0.922. The van der Waals surface area contributed by atoms with E-state index in [1.165, 1.54) is 6.07 Å². The van der Waals surface area contributed by atoms with E-state index in [4.69, 9.17) is 0 Å². The van der Waals surface area contributed by atoms with Crippen LogP contribution in [-0.2, 0) is 0 Å². The Bertz CT molecular complexity index is 489. The molecule has 1 aromatic rings. The minimum absolute atomic E-state index is 0.0595. The van der Waals surface area contributed by atoms with Gasteiger partial charge in [-0.2, -0.15) is 0 Å². The number of nitrogens with zero attached hydrogens (tertiary/aromatic N) is 1. The average Bonchev–Trinajstić information content (AvgIpc) is 2.48. The number of benzene rings is 1. The molecule has 1 aliphatic heterocycles. The van der Waals surface area contributed by atoms with Crippen LogP contribution in [0.25, 0.3) is 0 Å². The molecule has 3 nitrogen and oxygen atoms in total.